The van der Waals surface area contributed by atoms with Crippen LogP contribution in [-0.2, 0) is 4.74 Å². The minimum Gasteiger partial charge on any atom is -0.378 e. The summed E-state index contributed by atoms with van der Waals surface area (Å²) in [6.45, 7) is 5.92. The number of nitrogens with one attached hydrogen (secondary N) is 1. The Morgan fingerprint density at radius 2 is 2.13 bits per heavy atom. The highest BCUT2D eigenvalue weighted by Crippen LogP contribution is 1.79. The van der Waals surface area contributed by atoms with Crippen molar-refractivity contribution in [3.8, 4) is 0 Å². The zero-order chi connectivity index (χ0) is 11.5. The van der Waals surface area contributed by atoms with Crippen molar-refractivity contribution in [2.45, 2.75) is 13.3 Å². The van der Waals surface area contributed by atoms with E-state index in [-0.39, 0.29) is 0 Å². The quantitative estimate of drug-likeness (QED) is 0.337. The van der Waals surface area contributed by atoms with Gasteiger partial charge in [-0.15, -0.1) is 0 Å². The fourth-order valence-electron chi connectivity index (χ4n) is 0.889. The molecule has 0 saturated heterocycles. The molecule has 90 valence electrons. The molecule has 5 heteroatoms. The lowest BCUT2D eigenvalue weighted by atomic mass is 10.5. The Bertz CT molecular complexity index is 171. The van der Waals surface area contributed by atoms with E-state index in [2.05, 4.69) is 22.1 Å². The van der Waals surface area contributed by atoms with Crippen LogP contribution in [0.25, 0.3) is 0 Å². The Balaban J connectivity index is 3.23. The topological polar surface area (TPSA) is 62.9 Å². The van der Waals surface area contributed by atoms with E-state index in [0.29, 0.717) is 19.1 Å². The molecule has 0 spiro atoms. The van der Waals surface area contributed by atoms with Gasteiger partial charge >= 0.3 is 0 Å². The molecule has 0 radical (unpaired) electrons. The molecule has 0 aliphatic carbocycles. The average molecular weight is 216 g/mol. The normalized spacial score (nSPS) is 12.1. The molecule has 0 aromatic carbocycles. The smallest absolute Gasteiger partial charge is 0.188 e. The SMILES string of the molecule is CCCN=C(N)NCCOCCN(C)C. The predicted octanol–water partition coefficient (Wildman–Crippen LogP) is -0.121. The number of rotatable bonds is 8. The van der Waals surface area contributed by atoms with Crippen LogP contribution >= 0.6 is 0 Å². The molecular formula is C10H24N4O. The monoisotopic (exact) mass is 216 g/mol. The van der Waals surface area contributed by atoms with Gasteiger partial charge < -0.3 is 20.7 Å². The molecule has 0 rings (SSSR count). The van der Waals surface area contributed by atoms with E-state index >= 15 is 0 Å². The Morgan fingerprint density at radius 1 is 1.40 bits per heavy atom. The molecular weight excluding hydrogens is 192 g/mol. The second kappa shape index (κ2) is 9.73. The summed E-state index contributed by atoms with van der Waals surface area (Å²) >= 11 is 0. The number of nitrogens with zero attached hydrogens (tertiary/aromatic N) is 2. The molecule has 0 aliphatic rings. The minimum atomic E-state index is 0.507. The zero-order valence-corrected chi connectivity index (χ0v) is 10.1. The molecule has 15 heavy (non-hydrogen) atoms. The van der Waals surface area contributed by atoms with Gasteiger partial charge in [0.25, 0.3) is 0 Å². The first-order valence-electron chi connectivity index (χ1n) is 5.43. The van der Waals surface area contributed by atoms with E-state index in [4.69, 9.17) is 10.5 Å². The standard InChI is InChI=1S/C10H24N4O/c1-4-5-12-10(11)13-6-8-15-9-7-14(2)3/h4-9H2,1-3H3,(H3,11,12,13). The third-order valence-electron chi connectivity index (χ3n) is 1.74. The van der Waals surface area contributed by atoms with Gasteiger partial charge in [0.05, 0.1) is 13.2 Å². The lowest BCUT2D eigenvalue weighted by molar-refractivity contribution is 0.122. The number of hydrogen-bond acceptors (Lipinski definition) is 3. The molecule has 5 nitrogen and oxygen atoms in total. The van der Waals surface area contributed by atoms with Crippen LogP contribution in [0.15, 0.2) is 4.99 Å². The highest BCUT2D eigenvalue weighted by molar-refractivity contribution is 5.77. The lowest BCUT2D eigenvalue weighted by Crippen LogP contribution is -2.34. The molecule has 0 atom stereocenters. The van der Waals surface area contributed by atoms with Gasteiger partial charge in [-0.05, 0) is 20.5 Å². The van der Waals surface area contributed by atoms with Crippen LogP contribution in [-0.4, -0.2) is 57.8 Å². The van der Waals surface area contributed by atoms with Gasteiger partial charge in [0.1, 0.15) is 0 Å². The van der Waals surface area contributed by atoms with E-state index in [1.165, 1.54) is 0 Å². The number of aliphatic imine (C=N–C) groups is 1. The summed E-state index contributed by atoms with van der Waals surface area (Å²) in [5.41, 5.74) is 5.60. The van der Waals surface area contributed by atoms with Crippen LogP contribution in [0.4, 0.5) is 0 Å². The summed E-state index contributed by atoms with van der Waals surface area (Å²) in [6.07, 6.45) is 1.02. The summed E-state index contributed by atoms with van der Waals surface area (Å²) < 4.78 is 5.38. The van der Waals surface area contributed by atoms with E-state index in [1.807, 2.05) is 14.1 Å². The van der Waals surface area contributed by atoms with Crippen molar-refractivity contribution in [3.05, 3.63) is 0 Å². The molecule has 0 unspecified atom stereocenters. The highest BCUT2D eigenvalue weighted by atomic mass is 16.5. The van der Waals surface area contributed by atoms with Gasteiger partial charge in [-0.25, -0.2) is 0 Å². The van der Waals surface area contributed by atoms with Gasteiger partial charge in [-0.2, -0.15) is 0 Å². The van der Waals surface area contributed by atoms with Crippen molar-refractivity contribution in [3.63, 3.8) is 0 Å². The van der Waals surface area contributed by atoms with Gasteiger partial charge in [0.15, 0.2) is 5.96 Å². The van der Waals surface area contributed by atoms with Crippen LogP contribution in [0.5, 0.6) is 0 Å². The number of hydrogen-bond donors (Lipinski definition) is 2. The largest absolute Gasteiger partial charge is 0.378 e. The fourth-order valence-corrected chi connectivity index (χ4v) is 0.889. The summed E-state index contributed by atoms with van der Waals surface area (Å²) in [7, 11) is 4.05. The van der Waals surface area contributed by atoms with Gasteiger partial charge in [-0.1, -0.05) is 6.92 Å². The number of ether oxygens (including phenoxy) is 1. The number of likely N-dealkylation sites (N-methyl/N-ethyl adjacent to an activating group) is 1. The molecule has 0 heterocycles. The van der Waals surface area contributed by atoms with Gasteiger partial charge in [0.2, 0.25) is 0 Å². The van der Waals surface area contributed by atoms with Crippen molar-refractivity contribution in [1.82, 2.24) is 10.2 Å². The fraction of sp³-hybridized carbons (Fsp3) is 0.900. The minimum absolute atomic E-state index is 0.507. The van der Waals surface area contributed by atoms with Crippen molar-refractivity contribution >= 4 is 5.96 Å². The molecule has 0 aliphatic heterocycles. The number of guanidine groups is 1. The van der Waals surface area contributed by atoms with Crippen LogP contribution < -0.4 is 11.1 Å². The van der Waals surface area contributed by atoms with Crippen LogP contribution in [0.2, 0.25) is 0 Å². The first-order valence-corrected chi connectivity index (χ1v) is 5.43. The molecule has 0 amide bonds. The van der Waals surface area contributed by atoms with Crippen LogP contribution in [0.1, 0.15) is 13.3 Å². The van der Waals surface area contributed by atoms with Crippen molar-refractivity contribution in [2.24, 2.45) is 10.7 Å². The molecule has 0 fully saturated rings. The third kappa shape index (κ3) is 11.1. The van der Waals surface area contributed by atoms with Gasteiger partial charge in [-0.3, -0.25) is 4.99 Å². The van der Waals surface area contributed by atoms with E-state index < -0.39 is 0 Å². The average Bonchev–Trinajstić information content (AvgIpc) is 2.19. The molecule has 0 aromatic rings. The maximum absolute atomic E-state index is 5.60. The summed E-state index contributed by atoms with van der Waals surface area (Å²) in [6, 6.07) is 0. The summed E-state index contributed by atoms with van der Waals surface area (Å²) in [5.74, 6) is 0.507. The second-order valence-corrected chi connectivity index (χ2v) is 3.61. The number of nitrogens with two attached hydrogens (primary N) is 1. The third-order valence-corrected chi connectivity index (χ3v) is 1.74. The van der Waals surface area contributed by atoms with E-state index in [1.54, 1.807) is 0 Å². The van der Waals surface area contributed by atoms with Crippen LogP contribution in [0.3, 0.4) is 0 Å². The summed E-state index contributed by atoms with van der Waals surface area (Å²) in [4.78, 5) is 6.20. The van der Waals surface area contributed by atoms with E-state index in [9.17, 15) is 0 Å². The Hall–Kier alpha value is -0.810. The predicted molar refractivity (Wildman–Crippen MR) is 64.2 cm³/mol. The summed E-state index contributed by atoms with van der Waals surface area (Å²) in [5, 5.41) is 2.99. The Kier molecular flexibility index (Phi) is 9.21. The Labute approximate surface area is 92.7 Å². The second-order valence-electron chi connectivity index (χ2n) is 3.61. The molecule has 0 bridgehead atoms. The van der Waals surface area contributed by atoms with Crippen molar-refractivity contribution in [1.29, 1.82) is 0 Å². The van der Waals surface area contributed by atoms with Crippen molar-refractivity contribution < 1.29 is 4.74 Å². The highest BCUT2D eigenvalue weighted by Gasteiger charge is 1.92. The molecule has 0 aromatic heterocycles. The van der Waals surface area contributed by atoms with Crippen molar-refractivity contribution in [2.75, 3.05) is 46.9 Å². The first-order chi connectivity index (χ1) is 7.16. The van der Waals surface area contributed by atoms with Crippen LogP contribution in [0, 0.1) is 0 Å². The maximum Gasteiger partial charge on any atom is 0.188 e. The Morgan fingerprint density at radius 3 is 2.73 bits per heavy atom. The lowest BCUT2D eigenvalue weighted by Gasteiger charge is -2.10. The first kappa shape index (κ1) is 14.2. The van der Waals surface area contributed by atoms with E-state index in [0.717, 1.165) is 26.1 Å². The molecule has 3 N–H and O–H groups in total. The zero-order valence-electron chi connectivity index (χ0n) is 10.1. The molecule has 0 saturated carbocycles. The maximum atomic E-state index is 5.60. The van der Waals surface area contributed by atoms with Gasteiger partial charge in [0, 0.05) is 19.6 Å².